The standard InChI is InChI=1S/C13H22N4O2S/c1-9(15-20(19)13(2,3)4)11-8-10(14-17(11)7)12(18)16(5)6/h8H,1-7H3. The third-order valence-electron chi connectivity index (χ3n) is 2.62. The zero-order chi connectivity index (χ0) is 15.7. The number of hydrogen-bond acceptors (Lipinski definition) is 4. The van der Waals surface area contributed by atoms with Gasteiger partial charge in [0.1, 0.15) is 21.8 Å². The van der Waals surface area contributed by atoms with Crippen LogP contribution in [0.4, 0.5) is 0 Å². The fraction of sp³-hybridized carbons (Fsp3) is 0.615. The maximum atomic E-state index is 12.0. The molecule has 0 saturated heterocycles. The van der Waals surface area contributed by atoms with Crippen LogP contribution in [0, 0.1) is 0 Å². The summed E-state index contributed by atoms with van der Waals surface area (Å²) in [5, 5.41) is 4.17. The van der Waals surface area contributed by atoms with Crippen LogP contribution < -0.4 is 0 Å². The average Bonchev–Trinajstić information content (AvgIpc) is 2.68. The first kappa shape index (κ1) is 16.7. The molecular weight excluding hydrogens is 276 g/mol. The van der Waals surface area contributed by atoms with Crippen LogP contribution in [0.2, 0.25) is 0 Å². The van der Waals surface area contributed by atoms with Crippen LogP contribution in [0.3, 0.4) is 0 Å². The molecule has 6 nitrogen and oxygen atoms in total. The molecule has 1 unspecified atom stereocenters. The zero-order valence-corrected chi connectivity index (χ0v) is 13.9. The van der Waals surface area contributed by atoms with E-state index in [2.05, 4.69) is 9.50 Å². The molecule has 1 aromatic heterocycles. The van der Waals surface area contributed by atoms with E-state index in [0.717, 1.165) is 0 Å². The summed E-state index contributed by atoms with van der Waals surface area (Å²) < 4.78 is 17.4. The third kappa shape index (κ3) is 3.83. The van der Waals surface area contributed by atoms with E-state index in [4.69, 9.17) is 0 Å². The minimum absolute atomic E-state index is 0.170. The van der Waals surface area contributed by atoms with Gasteiger partial charge in [0.15, 0.2) is 5.69 Å². The van der Waals surface area contributed by atoms with Crippen LogP contribution in [-0.2, 0) is 18.4 Å². The van der Waals surface area contributed by atoms with Crippen LogP contribution >= 0.6 is 0 Å². The van der Waals surface area contributed by atoms with Crippen molar-refractivity contribution < 1.29 is 9.35 Å². The van der Waals surface area contributed by atoms with E-state index < -0.39 is 16.1 Å². The van der Waals surface area contributed by atoms with Crippen molar-refractivity contribution in [1.82, 2.24) is 14.7 Å². The molecule has 0 saturated carbocycles. The Bertz CT molecular complexity index is 529. The summed E-state index contributed by atoms with van der Waals surface area (Å²) >= 11 is -1.33. The average molecular weight is 298 g/mol. The summed E-state index contributed by atoms with van der Waals surface area (Å²) in [5.74, 6) is -0.170. The lowest BCUT2D eigenvalue weighted by molar-refractivity contribution is 0.0821. The molecule has 20 heavy (non-hydrogen) atoms. The first-order chi connectivity index (χ1) is 9.04. The van der Waals surface area contributed by atoms with Crippen molar-refractivity contribution >= 4 is 23.0 Å². The second kappa shape index (κ2) is 5.97. The highest BCUT2D eigenvalue weighted by atomic mass is 32.2. The first-order valence-corrected chi connectivity index (χ1v) is 7.38. The number of rotatable bonds is 3. The summed E-state index contributed by atoms with van der Waals surface area (Å²) in [7, 11) is 5.08. The summed E-state index contributed by atoms with van der Waals surface area (Å²) in [6.45, 7) is 7.36. The normalized spacial score (nSPS) is 14.3. The first-order valence-electron chi connectivity index (χ1n) is 6.27. The molecule has 0 bridgehead atoms. The van der Waals surface area contributed by atoms with E-state index in [1.54, 1.807) is 38.8 Å². The van der Waals surface area contributed by atoms with Crippen LogP contribution in [0.25, 0.3) is 0 Å². The van der Waals surface area contributed by atoms with Gasteiger partial charge in [-0.25, -0.2) is 0 Å². The molecule has 0 aliphatic rings. The Labute approximate surface area is 123 Å². The molecular formula is C13H22N4O2S. The number of nitrogens with zero attached hydrogens (tertiary/aromatic N) is 4. The number of hydrogen-bond donors (Lipinski definition) is 0. The predicted molar refractivity (Wildman–Crippen MR) is 81.3 cm³/mol. The molecule has 0 aromatic carbocycles. The smallest absolute Gasteiger partial charge is 0.273 e. The van der Waals surface area contributed by atoms with Gasteiger partial charge in [-0.15, -0.1) is 0 Å². The molecule has 1 heterocycles. The fourth-order valence-electron chi connectivity index (χ4n) is 1.45. The Morgan fingerprint density at radius 3 is 2.45 bits per heavy atom. The molecule has 0 fully saturated rings. The van der Waals surface area contributed by atoms with Crippen LogP contribution in [0.5, 0.6) is 0 Å². The van der Waals surface area contributed by atoms with Crippen LogP contribution in [-0.4, -0.2) is 49.7 Å². The van der Waals surface area contributed by atoms with E-state index in [1.165, 1.54) is 4.90 Å². The lowest BCUT2D eigenvalue weighted by Gasteiger charge is -2.18. The van der Waals surface area contributed by atoms with Gasteiger partial charge >= 0.3 is 0 Å². The van der Waals surface area contributed by atoms with Gasteiger partial charge in [0.05, 0.1) is 5.69 Å². The van der Waals surface area contributed by atoms with Crippen molar-refractivity contribution in [2.75, 3.05) is 14.1 Å². The molecule has 112 valence electrons. The number of carbonyl (C=O) groups excluding carboxylic acids is 1. The maximum Gasteiger partial charge on any atom is 0.273 e. The lowest BCUT2D eigenvalue weighted by Crippen LogP contribution is -2.27. The number of carbonyl (C=O) groups is 1. The summed E-state index contributed by atoms with van der Waals surface area (Å²) in [5.41, 5.74) is 1.64. The Morgan fingerprint density at radius 1 is 1.45 bits per heavy atom. The van der Waals surface area contributed by atoms with Gasteiger partial charge in [-0.05, 0) is 33.8 Å². The van der Waals surface area contributed by atoms with E-state index in [-0.39, 0.29) is 5.91 Å². The molecule has 1 atom stereocenters. The van der Waals surface area contributed by atoms with E-state index in [0.29, 0.717) is 17.1 Å². The van der Waals surface area contributed by atoms with Crippen molar-refractivity contribution in [1.29, 1.82) is 0 Å². The van der Waals surface area contributed by atoms with Gasteiger partial charge in [0.2, 0.25) is 0 Å². The largest absolute Gasteiger partial charge is 0.591 e. The van der Waals surface area contributed by atoms with E-state index in [9.17, 15) is 9.35 Å². The van der Waals surface area contributed by atoms with Crippen molar-refractivity contribution in [3.05, 3.63) is 17.5 Å². The van der Waals surface area contributed by atoms with Gasteiger partial charge < -0.3 is 9.45 Å². The summed E-state index contributed by atoms with van der Waals surface area (Å²) in [6, 6.07) is 1.67. The number of aryl methyl sites for hydroxylation is 1. The van der Waals surface area contributed by atoms with Gasteiger partial charge in [0, 0.05) is 21.1 Å². The van der Waals surface area contributed by atoms with E-state index >= 15 is 0 Å². The Kier molecular flexibility index (Phi) is 4.99. The highest BCUT2D eigenvalue weighted by Crippen LogP contribution is 2.18. The van der Waals surface area contributed by atoms with Crippen molar-refractivity contribution in [2.45, 2.75) is 32.4 Å². The molecule has 1 amide bonds. The molecule has 0 spiro atoms. The van der Waals surface area contributed by atoms with Crippen molar-refractivity contribution in [2.24, 2.45) is 11.4 Å². The predicted octanol–water partition coefficient (Wildman–Crippen LogP) is 1.39. The minimum atomic E-state index is -1.33. The number of amides is 1. The van der Waals surface area contributed by atoms with Crippen molar-refractivity contribution in [3.8, 4) is 0 Å². The molecule has 0 aliphatic carbocycles. The summed E-state index contributed by atoms with van der Waals surface area (Å²) in [4.78, 5) is 13.3. The monoisotopic (exact) mass is 298 g/mol. The molecule has 0 N–H and O–H groups in total. The SMILES string of the molecule is CC(=N[S+]([O-])C(C)(C)C)c1cc(C(=O)N(C)C)nn1C. The second-order valence-electron chi connectivity index (χ2n) is 5.78. The van der Waals surface area contributed by atoms with Gasteiger partial charge in [0.25, 0.3) is 5.91 Å². The third-order valence-corrected chi connectivity index (χ3v) is 4.11. The maximum absolute atomic E-state index is 12.0. The number of aromatic nitrogens is 2. The minimum Gasteiger partial charge on any atom is -0.591 e. The zero-order valence-electron chi connectivity index (χ0n) is 13.1. The summed E-state index contributed by atoms with van der Waals surface area (Å²) in [6.07, 6.45) is 0. The molecule has 1 rings (SSSR count). The second-order valence-corrected chi connectivity index (χ2v) is 7.68. The Morgan fingerprint density at radius 2 is 2.00 bits per heavy atom. The van der Waals surface area contributed by atoms with E-state index in [1.807, 2.05) is 20.8 Å². The van der Waals surface area contributed by atoms with Crippen molar-refractivity contribution in [3.63, 3.8) is 0 Å². The highest BCUT2D eigenvalue weighted by Gasteiger charge is 2.27. The Hall–Kier alpha value is -1.34. The fourth-order valence-corrected chi connectivity index (χ4v) is 2.06. The Balaban J connectivity index is 3.09. The van der Waals surface area contributed by atoms with Crippen LogP contribution in [0.1, 0.15) is 43.9 Å². The highest BCUT2D eigenvalue weighted by molar-refractivity contribution is 7.91. The quantitative estimate of drug-likeness (QED) is 0.625. The topological polar surface area (TPSA) is 73.6 Å². The molecule has 0 radical (unpaired) electrons. The molecule has 7 heteroatoms. The van der Waals surface area contributed by atoms with Gasteiger partial charge in [-0.2, -0.15) is 5.10 Å². The molecule has 1 aromatic rings. The lowest BCUT2D eigenvalue weighted by atomic mass is 10.2. The van der Waals surface area contributed by atoms with Crippen LogP contribution in [0.15, 0.2) is 10.5 Å². The van der Waals surface area contributed by atoms with Gasteiger partial charge in [-0.1, -0.05) is 4.40 Å². The molecule has 0 aliphatic heterocycles. The van der Waals surface area contributed by atoms with Gasteiger partial charge in [-0.3, -0.25) is 9.48 Å².